The highest BCUT2D eigenvalue weighted by Crippen LogP contribution is 2.38. The summed E-state index contributed by atoms with van der Waals surface area (Å²) in [6, 6.07) is 5.18. The van der Waals surface area contributed by atoms with Crippen LogP contribution in [0.25, 0.3) is 11.3 Å². The second kappa shape index (κ2) is 7.84. The van der Waals surface area contributed by atoms with Gasteiger partial charge >= 0.3 is 12.0 Å². The van der Waals surface area contributed by atoms with Gasteiger partial charge in [0.2, 0.25) is 0 Å². The molecule has 2 aromatic rings. The van der Waals surface area contributed by atoms with Gasteiger partial charge in [-0.05, 0) is 38.1 Å². The predicted octanol–water partition coefficient (Wildman–Crippen LogP) is 5.10. The summed E-state index contributed by atoms with van der Waals surface area (Å²) in [5.74, 6) is 0.227. The second-order valence-electron chi connectivity index (χ2n) is 5.74. The lowest BCUT2D eigenvalue weighted by Crippen LogP contribution is -2.45. The highest BCUT2D eigenvalue weighted by molar-refractivity contribution is 6.44. The van der Waals surface area contributed by atoms with Crippen molar-refractivity contribution in [2.75, 3.05) is 6.61 Å². The third kappa shape index (κ3) is 3.93. The van der Waals surface area contributed by atoms with Crippen molar-refractivity contribution in [3.8, 4) is 11.3 Å². The van der Waals surface area contributed by atoms with Crippen molar-refractivity contribution in [1.82, 2.24) is 10.6 Å². The number of allylic oxidation sites excluding steroid dienone is 1. The number of nitrogens with one attached hydrogen (secondary N) is 2. The summed E-state index contributed by atoms with van der Waals surface area (Å²) in [6.07, 6.45) is 0. The van der Waals surface area contributed by atoms with Crippen LogP contribution in [0.3, 0.4) is 0 Å². The van der Waals surface area contributed by atoms with E-state index < -0.39 is 18.0 Å². The molecule has 3 rings (SSSR count). The van der Waals surface area contributed by atoms with E-state index in [0.29, 0.717) is 37.8 Å². The van der Waals surface area contributed by atoms with Gasteiger partial charge in [-0.25, -0.2) is 9.59 Å². The Morgan fingerprint density at radius 1 is 1.19 bits per heavy atom. The molecular formula is C18H15Cl3N2O4. The van der Waals surface area contributed by atoms with Crippen LogP contribution >= 0.6 is 34.8 Å². The SMILES string of the molecule is CCOC(=O)C1=C(C)NC(=O)N[C@@H]1c1ccc(-c2cc(Cl)c(Cl)cc2Cl)o1. The Morgan fingerprint density at radius 2 is 1.89 bits per heavy atom. The fourth-order valence-electron chi connectivity index (χ4n) is 2.75. The van der Waals surface area contributed by atoms with Gasteiger partial charge in [-0.3, -0.25) is 0 Å². The molecule has 0 radical (unpaired) electrons. The van der Waals surface area contributed by atoms with E-state index in [1.54, 1.807) is 32.0 Å². The molecule has 2 amide bonds. The first kappa shape index (κ1) is 19.6. The highest BCUT2D eigenvalue weighted by atomic mass is 35.5. The maximum atomic E-state index is 12.3. The summed E-state index contributed by atoms with van der Waals surface area (Å²) in [6.45, 7) is 3.53. The van der Waals surface area contributed by atoms with Crippen molar-refractivity contribution in [3.05, 3.63) is 56.4 Å². The molecule has 0 fully saturated rings. The van der Waals surface area contributed by atoms with Crippen LogP contribution in [0.5, 0.6) is 0 Å². The van der Waals surface area contributed by atoms with Crippen molar-refractivity contribution in [2.24, 2.45) is 0 Å². The minimum absolute atomic E-state index is 0.207. The lowest BCUT2D eigenvalue weighted by atomic mass is 10.0. The average molecular weight is 430 g/mol. The van der Waals surface area contributed by atoms with Crippen molar-refractivity contribution in [2.45, 2.75) is 19.9 Å². The molecule has 0 spiro atoms. The molecule has 0 saturated carbocycles. The number of rotatable bonds is 4. The topological polar surface area (TPSA) is 80.6 Å². The van der Waals surface area contributed by atoms with Crippen LogP contribution in [-0.4, -0.2) is 18.6 Å². The van der Waals surface area contributed by atoms with Crippen LogP contribution < -0.4 is 10.6 Å². The number of urea groups is 1. The van der Waals surface area contributed by atoms with Gasteiger partial charge in [0.05, 0.1) is 27.2 Å². The minimum Gasteiger partial charge on any atom is -0.463 e. The first-order valence-electron chi connectivity index (χ1n) is 8.01. The standard InChI is InChI=1S/C18H15Cl3N2O4/c1-3-26-17(24)15-8(2)22-18(25)23-16(15)14-5-4-13(27-14)9-6-11(20)12(21)7-10(9)19/h4-7,16H,3H2,1-2H3,(H2,22,23,25)/t16-/m1/s1. The molecule has 1 aliphatic heterocycles. The maximum absolute atomic E-state index is 12.3. The fraction of sp³-hybridized carbons (Fsp3) is 0.222. The van der Waals surface area contributed by atoms with E-state index in [0.717, 1.165) is 0 Å². The Kier molecular flexibility index (Phi) is 5.69. The molecule has 142 valence electrons. The van der Waals surface area contributed by atoms with Gasteiger partial charge < -0.3 is 19.8 Å². The Bertz CT molecular complexity index is 952. The summed E-state index contributed by atoms with van der Waals surface area (Å²) in [5.41, 5.74) is 1.20. The fourth-order valence-corrected chi connectivity index (χ4v) is 3.39. The second-order valence-corrected chi connectivity index (χ2v) is 6.96. The lowest BCUT2D eigenvalue weighted by molar-refractivity contribution is -0.139. The Balaban J connectivity index is 2.01. The average Bonchev–Trinajstić information content (AvgIpc) is 3.07. The molecule has 1 atom stereocenters. The number of esters is 1. The Morgan fingerprint density at radius 3 is 2.59 bits per heavy atom. The van der Waals surface area contributed by atoms with Gasteiger partial charge in [0.25, 0.3) is 0 Å². The summed E-state index contributed by atoms with van der Waals surface area (Å²) in [7, 11) is 0. The maximum Gasteiger partial charge on any atom is 0.338 e. The summed E-state index contributed by atoms with van der Waals surface area (Å²) < 4.78 is 11.0. The normalized spacial score (nSPS) is 16.8. The third-order valence-corrected chi connectivity index (χ3v) is 4.99. The van der Waals surface area contributed by atoms with E-state index in [2.05, 4.69) is 10.6 Å². The molecule has 6 nitrogen and oxygen atoms in total. The van der Waals surface area contributed by atoms with Gasteiger partial charge in [0, 0.05) is 11.3 Å². The lowest BCUT2D eigenvalue weighted by Gasteiger charge is -2.26. The Hall–Kier alpha value is -2.15. The van der Waals surface area contributed by atoms with Crippen molar-refractivity contribution >= 4 is 46.8 Å². The largest absolute Gasteiger partial charge is 0.463 e. The van der Waals surface area contributed by atoms with Crippen molar-refractivity contribution < 1.29 is 18.7 Å². The van der Waals surface area contributed by atoms with E-state index in [4.69, 9.17) is 44.0 Å². The molecule has 27 heavy (non-hydrogen) atoms. The summed E-state index contributed by atoms with van der Waals surface area (Å²) >= 11 is 18.3. The van der Waals surface area contributed by atoms with Crippen LogP contribution in [0.4, 0.5) is 4.79 Å². The van der Waals surface area contributed by atoms with Crippen LogP contribution in [0.15, 0.2) is 40.0 Å². The first-order chi connectivity index (χ1) is 12.8. The number of carbonyl (C=O) groups excluding carboxylic acids is 2. The molecule has 9 heteroatoms. The van der Waals surface area contributed by atoms with Crippen LogP contribution in [0, 0.1) is 0 Å². The number of amides is 2. The van der Waals surface area contributed by atoms with Gasteiger partial charge in [-0.1, -0.05) is 34.8 Å². The molecular weight excluding hydrogens is 415 g/mol. The van der Waals surface area contributed by atoms with Crippen molar-refractivity contribution in [1.29, 1.82) is 0 Å². The Labute approximate surface area is 170 Å². The van der Waals surface area contributed by atoms with Crippen molar-refractivity contribution in [3.63, 3.8) is 0 Å². The molecule has 2 N–H and O–H groups in total. The zero-order chi connectivity index (χ0) is 19.7. The zero-order valence-electron chi connectivity index (χ0n) is 14.4. The van der Waals surface area contributed by atoms with E-state index in [1.165, 1.54) is 6.07 Å². The van der Waals surface area contributed by atoms with Crippen LogP contribution in [0.1, 0.15) is 25.6 Å². The molecule has 1 aromatic heterocycles. The number of furan rings is 1. The minimum atomic E-state index is -0.798. The first-order valence-corrected chi connectivity index (χ1v) is 9.15. The molecule has 2 heterocycles. The van der Waals surface area contributed by atoms with E-state index in [1.807, 2.05) is 0 Å². The number of ether oxygens (including phenoxy) is 1. The van der Waals surface area contributed by atoms with Gasteiger partial charge in [0.15, 0.2) is 0 Å². The highest BCUT2D eigenvalue weighted by Gasteiger charge is 2.34. The number of benzene rings is 1. The predicted molar refractivity (Wildman–Crippen MR) is 103 cm³/mol. The smallest absolute Gasteiger partial charge is 0.338 e. The molecule has 0 bridgehead atoms. The molecule has 0 aliphatic carbocycles. The monoisotopic (exact) mass is 428 g/mol. The van der Waals surface area contributed by atoms with E-state index in [9.17, 15) is 9.59 Å². The van der Waals surface area contributed by atoms with Crippen LogP contribution in [0.2, 0.25) is 15.1 Å². The van der Waals surface area contributed by atoms with E-state index in [-0.39, 0.29) is 12.2 Å². The quantitative estimate of drug-likeness (QED) is 0.523. The molecule has 1 aromatic carbocycles. The molecule has 1 aliphatic rings. The van der Waals surface area contributed by atoms with E-state index >= 15 is 0 Å². The number of hydrogen-bond donors (Lipinski definition) is 2. The van der Waals surface area contributed by atoms with Gasteiger partial charge in [0.1, 0.15) is 17.6 Å². The van der Waals surface area contributed by atoms with Crippen LogP contribution in [-0.2, 0) is 9.53 Å². The zero-order valence-corrected chi connectivity index (χ0v) is 16.6. The number of hydrogen-bond acceptors (Lipinski definition) is 4. The summed E-state index contributed by atoms with van der Waals surface area (Å²) in [5, 5.41) is 6.24. The molecule has 0 saturated heterocycles. The summed E-state index contributed by atoms with van der Waals surface area (Å²) in [4.78, 5) is 24.2. The number of carbonyl (C=O) groups is 2. The third-order valence-electron chi connectivity index (χ3n) is 3.95. The molecule has 0 unspecified atom stereocenters. The number of halogens is 3. The van der Waals surface area contributed by atoms with Gasteiger partial charge in [-0.15, -0.1) is 0 Å². The van der Waals surface area contributed by atoms with Gasteiger partial charge in [-0.2, -0.15) is 0 Å².